The molecule has 0 radical (unpaired) electrons. The number of phenolic OH excluding ortho intramolecular Hbond substituents is 2. The monoisotopic (exact) mass is 1060 g/mol. The molecule has 73 heavy (non-hydrogen) atoms. The highest BCUT2D eigenvalue weighted by atomic mass is 35.5. The van der Waals surface area contributed by atoms with E-state index in [9.17, 15) is 34.1 Å². The van der Waals surface area contributed by atoms with Gasteiger partial charge in [-0.25, -0.2) is 0 Å². The number of nitrogens with zero attached hydrogens (tertiary/aromatic N) is 1. The number of aromatic hydroxyl groups is 2. The number of carboxylic acid groups (broad SMARTS) is 1. The molecule has 3 saturated carbocycles. The average molecular weight is 1060 g/mol. The molecule has 9 rings (SSSR count). The maximum Gasteiger partial charge on any atom is 0.309 e. The van der Waals surface area contributed by atoms with E-state index >= 15 is 0 Å². The molecule has 0 aliphatic heterocycles. The van der Waals surface area contributed by atoms with Gasteiger partial charge >= 0.3 is 5.97 Å². The third kappa shape index (κ3) is 12.9. The molecule has 10 nitrogen and oxygen atoms in total. The van der Waals surface area contributed by atoms with E-state index in [0.717, 1.165) is 96.3 Å². The van der Waals surface area contributed by atoms with Crippen molar-refractivity contribution in [1.82, 2.24) is 15.5 Å². The van der Waals surface area contributed by atoms with E-state index in [-0.39, 0.29) is 50.1 Å². The van der Waals surface area contributed by atoms with Gasteiger partial charge in [0.05, 0.1) is 30.1 Å². The van der Waals surface area contributed by atoms with Crippen molar-refractivity contribution < 1.29 is 35.5 Å². The Morgan fingerprint density at radius 1 is 0.658 bits per heavy atom. The van der Waals surface area contributed by atoms with Crippen molar-refractivity contribution in [3.8, 4) is 11.5 Å². The quantitative estimate of drug-likeness (QED) is 0.141. The number of nitrogens with two attached hydrogens (primary N) is 1. The van der Waals surface area contributed by atoms with Crippen molar-refractivity contribution in [3.05, 3.63) is 93.5 Å². The van der Waals surface area contributed by atoms with Crippen LogP contribution in [-0.4, -0.2) is 92.8 Å². The Morgan fingerprint density at radius 3 is 1.36 bits per heavy atom. The normalized spacial score (nSPS) is 30.9. The van der Waals surface area contributed by atoms with E-state index in [1.54, 1.807) is 24.1 Å². The topological polar surface area (TPSA) is 165 Å². The third-order valence-corrected chi connectivity index (χ3v) is 18.3. The van der Waals surface area contributed by atoms with Crippen LogP contribution in [0.2, 0.25) is 0 Å². The number of hydrogen-bond donors (Lipinski definition) is 6. The van der Waals surface area contributed by atoms with Gasteiger partial charge in [-0.3, -0.25) is 18.8 Å². The van der Waals surface area contributed by atoms with Crippen molar-refractivity contribution in [3.63, 3.8) is 0 Å². The fourth-order valence-electron chi connectivity index (χ4n) is 15.0. The molecule has 0 bridgehead atoms. The van der Waals surface area contributed by atoms with Crippen LogP contribution in [0.15, 0.2) is 54.6 Å². The Hall–Kier alpha value is -3.90. The minimum Gasteiger partial charge on any atom is -0.508 e. The summed E-state index contributed by atoms with van der Waals surface area (Å²) in [4.78, 5) is 39.0. The van der Waals surface area contributed by atoms with Gasteiger partial charge in [0.1, 0.15) is 11.5 Å². The van der Waals surface area contributed by atoms with Crippen LogP contribution < -0.4 is 16.4 Å². The number of alkyl halides is 3. The number of rotatable bonds is 3. The van der Waals surface area contributed by atoms with E-state index in [4.69, 9.17) is 24.6 Å². The summed E-state index contributed by atoms with van der Waals surface area (Å²) in [5.41, 5.74) is 12.7. The summed E-state index contributed by atoms with van der Waals surface area (Å²) in [7, 11) is 9.71. The summed E-state index contributed by atoms with van der Waals surface area (Å²) in [5.74, 6) is 1.44. The smallest absolute Gasteiger partial charge is 0.309 e. The number of aliphatic carboxylic acids is 1. The van der Waals surface area contributed by atoms with Crippen LogP contribution in [0.5, 0.6) is 11.5 Å². The highest BCUT2D eigenvalue weighted by Gasteiger charge is 2.57. The number of hydrogen-bond acceptors (Lipinski definition) is 7. The van der Waals surface area contributed by atoms with Crippen LogP contribution in [0.25, 0.3) is 0 Å². The van der Waals surface area contributed by atoms with Gasteiger partial charge in [-0.2, -0.15) is 0 Å². The lowest BCUT2D eigenvalue weighted by Gasteiger charge is -2.55. The maximum atomic E-state index is 12.9. The van der Waals surface area contributed by atoms with Crippen LogP contribution in [0.1, 0.15) is 159 Å². The lowest BCUT2D eigenvalue weighted by molar-refractivity contribution is -0.157. The number of phenols is 2. The average Bonchev–Trinajstić information content (AvgIpc) is 3.35. The van der Waals surface area contributed by atoms with Gasteiger partial charge in [-0.1, -0.05) is 89.8 Å². The molecule has 0 unspecified atom stereocenters. The number of nitrogens with one attached hydrogen (secondary N) is 2. The lowest BCUT2D eigenvalue weighted by atomic mass is 9.49. The van der Waals surface area contributed by atoms with Crippen LogP contribution in [0.3, 0.4) is 0 Å². The molecule has 6 aliphatic carbocycles. The number of aryl methyl sites for hydroxylation is 4. The number of carbonyl (C=O) groups is 3. The second-order valence-electron chi connectivity index (χ2n) is 22.9. The second kappa shape index (κ2) is 26.7. The molecule has 3 aromatic rings. The zero-order valence-corrected chi connectivity index (χ0v) is 48.2. The molecule has 2 amide bonds. The van der Waals surface area contributed by atoms with Crippen LogP contribution in [0.4, 0.5) is 4.39 Å². The molecule has 6 aliphatic rings. The molecule has 7 N–H and O–H groups in total. The summed E-state index contributed by atoms with van der Waals surface area (Å²) in [5, 5.41) is 35.4. The summed E-state index contributed by atoms with van der Waals surface area (Å²) in [6.07, 6.45) is 15.4. The van der Waals surface area contributed by atoms with Crippen molar-refractivity contribution in [2.45, 2.75) is 161 Å². The first-order valence-electron chi connectivity index (χ1n) is 27.1. The highest BCUT2D eigenvalue weighted by Crippen LogP contribution is 2.60. The molecule has 0 aromatic heterocycles. The van der Waals surface area contributed by atoms with Crippen LogP contribution in [-0.2, 0) is 49.9 Å². The second-order valence-corrected chi connectivity index (χ2v) is 23.7. The molecule has 0 saturated heterocycles. The number of carbonyl (C=O) groups excluding carboxylic acids is 2. The lowest BCUT2D eigenvalue weighted by Crippen LogP contribution is -2.55. The Labute approximate surface area is 450 Å². The minimum absolute atomic E-state index is 0.00810. The number of fused-ring (bicyclic) bond motifs is 9. The Morgan fingerprint density at radius 2 is 0.986 bits per heavy atom. The van der Waals surface area contributed by atoms with Crippen molar-refractivity contribution in [2.24, 2.45) is 39.7 Å². The number of carboxylic acids is 1. The molecule has 410 valence electrons. The van der Waals surface area contributed by atoms with Gasteiger partial charge in [0.25, 0.3) is 0 Å². The van der Waals surface area contributed by atoms with Gasteiger partial charge < -0.3 is 36.6 Å². The fourth-order valence-corrected chi connectivity index (χ4v) is 15.0. The Kier molecular flexibility index (Phi) is 22.6. The molecular weight excluding hydrogens is 963 g/mol. The van der Waals surface area contributed by atoms with E-state index in [1.165, 1.54) is 46.0 Å². The van der Waals surface area contributed by atoms with Crippen LogP contribution in [0, 0.1) is 40.9 Å². The van der Waals surface area contributed by atoms with E-state index in [2.05, 4.69) is 88.2 Å². The Bertz CT molecular complexity index is 2340. The fraction of sp³-hybridized carbons (Fsp3) is 0.650. The first-order valence-corrected chi connectivity index (χ1v) is 27.5. The molecule has 3 aromatic carbocycles. The predicted molar refractivity (Wildman–Crippen MR) is 300 cm³/mol. The van der Waals surface area contributed by atoms with Gasteiger partial charge in [0.15, 0.2) is 0 Å². The van der Waals surface area contributed by atoms with E-state index in [1.807, 2.05) is 47.2 Å². The molecule has 0 heterocycles. The standard InChI is InChI=1S/C19H27NO2.C18H25NO2.C18H24O2.C2H7N.CH2Cl2.CH3F.CH5N/c1-18-10-5-11-19(2,17(22)20(3)4)16(18)9-7-13-6-8-14(21)12-15(13)18;1-17-9-4-10-18(2,16(21)19-3)15(17)8-6-12-5-7-13(20)11-14(12)17;1-12-5-6-13-7-8-15-17(2,14(13)11-12)9-4-10-18(15,3)16(19)20;1-3-2;2-1-3;2*1-2/h6,8,12,16,21H,5,7,9-11H2,1-4H3;5,7,11,15,20H,4,6,8-10H2,1-3H3,(H,19,21);5-6,11,15H,4,7-10H2,1-3H3,(H,19,20);3H,1-2H3;1H2;1H3;2H2,1H3/t16-,18-,19+;2*15-,17-,18+;;;;/m111..../s1/i;;;;;1D;. The van der Waals surface area contributed by atoms with Crippen molar-refractivity contribution in [1.29, 1.82) is 0 Å². The molecule has 0 spiro atoms. The largest absolute Gasteiger partial charge is 0.508 e. The number of amides is 2. The third-order valence-electron chi connectivity index (χ3n) is 18.3. The summed E-state index contributed by atoms with van der Waals surface area (Å²) in [6.45, 7) is 15.3. The van der Waals surface area contributed by atoms with Gasteiger partial charge in [-0.15, -0.1) is 23.2 Å². The first-order chi connectivity index (χ1) is 34.8. The number of benzene rings is 3. The van der Waals surface area contributed by atoms with Crippen molar-refractivity contribution >= 4 is 41.0 Å². The van der Waals surface area contributed by atoms with E-state index in [0.29, 0.717) is 23.3 Å². The van der Waals surface area contributed by atoms with Gasteiger partial charge in [0.2, 0.25) is 11.8 Å². The molecule has 13 heteroatoms. The summed E-state index contributed by atoms with van der Waals surface area (Å²) in [6, 6.07) is 18.3. The summed E-state index contributed by atoms with van der Waals surface area (Å²) >= 11 is 9.53. The van der Waals surface area contributed by atoms with Crippen molar-refractivity contribution in [2.75, 3.05) is 54.8 Å². The zero-order valence-electron chi connectivity index (χ0n) is 47.7. The minimum atomic E-state index is -1.00. The highest BCUT2D eigenvalue weighted by molar-refractivity contribution is 6.40. The van der Waals surface area contributed by atoms with E-state index < -0.39 is 18.5 Å². The van der Waals surface area contributed by atoms with Gasteiger partial charge in [-0.05, 0) is 204 Å². The summed E-state index contributed by atoms with van der Waals surface area (Å²) < 4.78 is 15.5. The van der Waals surface area contributed by atoms with Gasteiger partial charge in [0, 0.05) is 21.1 Å². The maximum absolute atomic E-state index is 12.9. The van der Waals surface area contributed by atoms with Crippen LogP contribution >= 0.6 is 23.2 Å². The number of halogens is 3. The Balaban J connectivity index is 0.000000266. The SMILES string of the molecule is CN.CN(C)C(=O)[C@@]1(C)CCC[C@]2(C)c3cc(O)ccc3CC[C@@H]12.CNC.CNC(=O)[C@@]1(C)CCC[C@]2(C)c3cc(O)ccc3CC[C@@H]12.Cc1ccc2c(c1)[C@@]1(C)CCC[C@](C)(C(=O)O)[C@@H]1CC2.ClCCl.[2H]CF. The first kappa shape index (κ1) is 61.6. The molecular formula is C60H93Cl2FN4O6. The molecule has 3 fully saturated rings. The zero-order chi connectivity index (χ0) is 56.0. The predicted octanol–water partition coefficient (Wildman–Crippen LogP) is 12.1. The molecule has 9 atom stereocenters.